The zero-order chi connectivity index (χ0) is 23.8. The van der Waals surface area contributed by atoms with Crippen LogP contribution in [0.5, 0.6) is 5.75 Å². The fourth-order valence-electron chi connectivity index (χ4n) is 5.07. The number of nitrogens with zero attached hydrogens (tertiary/aromatic N) is 4. The van der Waals surface area contributed by atoms with E-state index >= 15 is 0 Å². The molecule has 2 heterocycles. The second-order valence-electron chi connectivity index (χ2n) is 9.59. The number of aromatic nitrogens is 1. The lowest BCUT2D eigenvalue weighted by Gasteiger charge is -2.36. The molecule has 0 amide bonds. The van der Waals surface area contributed by atoms with Gasteiger partial charge >= 0.3 is 0 Å². The summed E-state index contributed by atoms with van der Waals surface area (Å²) in [5, 5.41) is 12.3. The first-order chi connectivity index (χ1) is 16.6. The molecule has 3 aromatic rings. The van der Waals surface area contributed by atoms with Crippen LogP contribution < -0.4 is 4.74 Å². The Morgan fingerprint density at radius 1 is 0.971 bits per heavy atom. The molecule has 5 heteroatoms. The van der Waals surface area contributed by atoms with E-state index in [1.165, 1.54) is 0 Å². The van der Waals surface area contributed by atoms with Crippen molar-refractivity contribution in [2.45, 2.75) is 32.1 Å². The molecule has 1 aromatic heterocycles. The van der Waals surface area contributed by atoms with Gasteiger partial charge in [0.2, 0.25) is 0 Å². The van der Waals surface area contributed by atoms with E-state index in [0.717, 1.165) is 74.2 Å². The second-order valence-corrected chi connectivity index (χ2v) is 9.59. The highest BCUT2D eigenvalue weighted by atomic mass is 16.5. The smallest absolute Gasteiger partial charge is 0.127 e. The Morgan fingerprint density at radius 2 is 1.71 bits per heavy atom. The lowest BCUT2D eigenvalue weighted by molar-refractivity contribution is 0.114. The Morgan fingerprint density at radius 3 is 2.41 bits per heavy atom. The third-order valence-corrected chi connectivity index (χ3v) is 7.29. The predicted molar refractivity (Wildman–Crippen MR) is 138 cm³/mol. The minimum Gasteiger partial charge on any atom is -0.492 e. The van der Waals surface area contributed by atoms with Crippen molar-refractivity contribution < 1.29 is 4.74 Å². The largest absolute Gasteiger partial charge is 0.492 e. The van der Waals surface area contributed by atoms with Gasteiger partial charge < -0.3 is 9.64 Å². The summed E-state index contributed by atoms with van der Waals surface area (Å²) in [5.74, 6) is 1.22. The Hall–Kier alpha value is -2.94. The third-order valence-electron chi connectivity index (χ3n) is 7.29. The van der Waals surface area contributed by atoms with Gasteiger partial charge in [0, 0.05) is 55.9 Å². The fraction of sp³-hybridized carbons (Fsp3) is 0.448. The topological polar surface area (TPSA) is 52.4 Å². The van der Waals surface area contributed by atoms with E-state index < -0.39 is 5.41 Å². The highest BCUT2D eigenvalue weighted by Gasteiger charge is 2.35. The summed E-state index contributed by atoms with van der Waals surface area (Å²) in [6.45, 7) is 11.3. The third kappa shape index (κ3) is 5.58. The van der Waals surface area contributed by atoms with Gasteiger partial charge in [-0.25, -0.2) is 0 Å². The number of rotatable bonds is 10. The van der Waals surface area contributed by atoms with Crippen LogP contribution in [0.4, 0.5) is 0 Å². The van der Waals surface area contributed by atoms with E-state index in [1.807, 2.05) is 48.8 Å². The molecular weight excluding hydrogens is 420 g/mol. The van der Waals surface area contributed by atoms with Crippen molar-refractivity contribution in [1.29, 1.82) is 5.26 Å². The Kier molecular flexibility index (Phi) is 8.16. The highest BCUT2D eigenvalue weighted by Crippen LogP contribution is 2.36. The number of hydrogen-bond donors (Lipinski definition) is 0. The van der Waals surface area contributed by atoms with Crippen LogP contribution in [0.25, 0.3) is 10.8 Å². The average Bonchev–Trinajstić information content (AvgIpc) is 2.88. The molecule has 1 atom stereocenters. The van der Waals surface area contributed by atoms with Crippen molar-refractivity contribution in [3.63, 3.8) is 0 Å². The van der Waals surface area contributed by atoms with Gasteiger partial charge in [-0.2, -0.15) is 5.26 Å². The molecule has 1 fully saturated rings. The van der Waals surface area contributed by atoms with Crippen LogP contribution in [0, 0.1) is 17.2 Å². The first kappa shape index (κ1) is 24.2. The molecule has 1 aliphatic heterocycles. The second kappa shape index (κ2) is 11.5. The van der Waals surface area contributed by atoms with E-state index in [-0.39, 0.29) is 5.92 Å². The summed E-state index contributed by atoms with van der Waals surface area (Å²) < 4.78 is 6.11. The number of ether oxygens (including phenoxy) is 1. The SMILES string of the molecule is CC(C)C(C#N)(CCCN1CCN(CCOc2cccc3cnccc23)CC1)c1ccccc1. The van der Waals surface area contributed by atoms with Gasteiger partial charge in [-0.05, 0) is 43.0 Å². The van der Waals surface area contributed by atoms with Crippen LogP contribution in [0.2, 0.25) is 0 Å². The highest BCUT2D eigenvalue weighted by molar-refractivity contribution is 5.87. The molecule has 0 aliphatic carbocycles. The van der Waals surface area contributed by atoms with Gasteiger partial charge in [-0.15, -0.1) is 0 Å². The number of fused-ring (bicyclic) bond motifs is 1. The van der Waals surface area contributed by atoms with Crippen LogP contribution >= 0.6 is 0 Å². The monoisotopic (exact) mass is 456 g/mol. The Bertz CT molecular complexity index is 1080. The summed E-state index contributed by atoms with van der Waals surface area (Å²) in [7, 11) is 0. The molecule has 0 radical (unpaired) electrons. The van der Waals surface area contributed by atoms with E-state index in [0.29, 0.717) is 6.61 Å². The standard InChI is InChI=1S/C29H36N4O/c1-24(2)29(23-30,26-9-4-3-5-10-26)13-7-15-32-16-18-33(19-17-32)20-21-34-28-11-6-8-25-22-31-14-12-27(25)28/h3-6,8-12,14,22,24H,7,13,15-21H2,1-2H3. The Balaban J connectivity index is 1.21. The molecule has 5 nitrogen and oxygen atoms in total. The van der Waals surface area contributed by atoms with Crippen molar-refractivity contribution in [3.8, 4) is 11.8 Å². The van der Waals surface area contributed by atoms with Gasteiger partial charge in [0.15, 0.2) is 0 Å². The van der Waals surface area contributed by atoms with Gasteiger partial charge in [0.1, 0.15) is 12.4 Å². The molecule has 4 rings (SSSR count). The number of piperazine rings is 1. The molecule has 0 bridgehead atoms. The maximum atomic E-state index is 10.1. The molecule has 178 valence electrons. The maximum Gasteiger partial charge on any atom is 0.127 e. The lowest BCUT2D eigenvalue weighted by atomic mass is 9.70. The van der Waals surface area contributed by atoms with Gasteiger partial charge in [-0.1, -0.05) is 56.3 Å². The number of hydrogen-bond acceptors (Lipinski definition) is 5. The molecule has 0 N–H and O–H groups in total. The molecule has 34 heavy (non-hydrogen) atoms. The minimum atomic E-state index is -0.405. The molecular formula is C29H36N4O. The summed E-state index contributed by atoms with van der Waals surface area (Å²) in [6, 6.07) is 21.2. The average molecular weight is 457 g/mol. The molecule has 0 saturated carbocycles. The lowest BCUT2D eigenvalue weighted by Crippen LogP contribution is -2.47. The summed E-state index contributed by atoms with van der Waals surface area (Å²) >= 11 is 0. The van der Waals surface area contributed by atoms with Crippen LogP contribution in [0.3, 0.4) is 0 Å². The van der Waals surface area contributed by atoms with E-state index in [4.69, 9.17) is 4.74 Å². The first-order valence-corrected chi connectivity index (χ1v) is 12.5. The summed E-state index contributed by atoms with van der Waals surface area (Å²) in [6.07, 6.45) is 5.64. The van der Waals surface area contributed by atoms with E-state index in [2.05, 4.69) is 52.9 Å². The van der Waals surface area contributed by atoms with E-state index in [9.17, 15) is 5.26 Å². The van der Waals surface area contributed by atoms with Crippen LogP contribution in [0.15, 0.2) is 67.0 Å². The zero-order valence-electron chi connectivity index (χ0n) is 20.5. The number of nitriles is 1. The first-order valence-electron chi connectivity index (χ1n) is 12.5. The number of pyridine rings is 1. The normalized spacial score (nSPS) is 16.9. The van der Waals surface area contributed by atoms with Crippen molar-refractivity contribution >= 4 is 10.8 Å². The van der Waals surface area contributed by atoms with Crippen molar-refractivity contribution in [1.82, 2.24) is 14.8 Å². The maximum absolute atomic E-state index is 10.1. The van der Waals surface area contributed by atoms with Crippen molar-refractivity contribution in [3.05, 3.63) is 72.6 Å². The van der Waals surface area contributed by atoms with E-state index in [1.54, 1.807) is 0 Å². The van der Waals surface area contributed by atoms with Crippen LogP contribution in [-0.4, -0.2) is 60.7 Å². The molecule has 0 spiro atoms. The molecule has 1 saturated heterocycles. The van der Waals surface area contributed by atoms with Crippen molar-refractivity contribution in [2.75, 3.05) is 45.9 Å². The minimum absolute atomic E-state index is 0.287. The molecule has 1 unspecified atom stereocenters. The van der Waals surface area contributed by atoms with Gasteiger partial charge in [-0.3, -0.25) is 9.88 Å². The van der Waals surface area contributed by atoms with Gasteiger partial charge in [0.25, 0.3) is 0 Å². The molecule has 2 aromatic carbocycles. The number of benzene rings is 2. The summed E-state index contributed by atoms with van der Waals surface area (Å²) in [4.78, 5) is 9.22. The quantitative estimate of drug-likeness (QED) is 0.423. The van der Waals surface area contributed by atoms with Crippen LogP contribution in [0.1, 0.15) is 32.3 Å². The molecule has 1 aliphatic rings. The van der Waals surface area contributed by atoms with Gasteiger partial charge in [0.05, 0.1) is 11.5 Å². The predicted octanol–water partition coefficient (Wildman–Crippen LogP) is 5.13. The van der Waals surface area contributed by atoms with Crippen LogP contribution in [-0.2, 0) is 5.41 Å². The zero-order valence-corrected chi connectivity index (χ0v) is 20.5. The Labute approximate surface area is 204 Å². The fourth-order valence-corrected chi connectivity index (χ4v) is 5.07. The van der Waals surface area contributed by atoms with Crippen molar-refractivity contribution in [2.24, 2.45) is 5.92 Å². The summed E-state index contributed by atoms with van der Waals surface area (Å²) in [5.41, 5.74) is 0.748.